The van der Waals surface area contributed by atoms with Crippen molar-refractivity contribution >= 4 is 9.84 Å². The van der Waals surface area contributed by atoms with Crippen molar-refractivity contribution in [2.75, 3.05) is 12.8 Å². The van der Waals surface area contributed by atoms with Crippen LogP contribution in [0.3, 0.4) is 0 Å². The minimum absolute atomic E-state index is 0.104. The Bertz CT molecular complexity index is 498. The van der Waals surface area contributed by atoms with Gasteiger partial charge >= 0.3 is 0 Å². The lowest BCUT2D eigenvalue weighted by molar-refractivity contribution is 0.550. The highest BCUT2D eigenvalue weighted by Gasteiger charge is 2.09. The molecule has 1 aromatic heterocycles. The van der Waals surface area contributed by atoms with Crippen molar-refractivity contribution in [3.8, 4) is 0 Å². The quantitative estimate of drug-likeness (QED) is 0.838. The molecule has 0 spiro atoms. The van der Waals surface area contributed by atoms with Crippen LogP contribution in [0.2, 0.25) is 0 Å². The molecule has 0 aliphatic heterocycles. The van der Waals surface area contributed by atoms with Crippen molar-refractivity contribution < 1.29 is 8.42 Å². The van der Waals surface area contributed by atoms with E-state index >= 15 is 0 Å². The van der Waals surface area contributed by atoms with Gasteiger partial charge in [0.15, 0.2) is 9.84 Å². The molecule has 0 aliphatic carbocycles. The van der Waals surface area contributed by atoms with Gasteiger partial charge in [-0.2, -0.15) is 0 Å². The third kappa shape index (κ3) is 5.55. The van der Waals surface area contributed by atoms with Crippen LogP contribution in [-0.4, -0.2) is 31.2 Å². The van der Waals surface area contributed by atoms with Crippen LogP contribution in [0.4, 0.5) is 0 Å². The second-order valence-electron chi connectivity index (χ2n) is 4.99. The van der Waals surface area contributed by atoms with Crippen molar-refractivity contribution in [1.29, 1.82) is 0 Å². The van der Waals surface area contributed by atoms with Crippen LogP contribution in [0.25, 0.3) is 0 Å². The number of aryl methyl sites for hydroxylation is 1. The zero-order chi connectivity index (χ0) is 13.8. The Morgan fingerprint density at radius 2 is 2.06 bits per heavy atom. The van der Waals surface area contributed by atoms with Crippen LogP contribution in [0.5, 0.6) is 0 Å². The van der Waals surface area contributed by atoms with E-state index in [0.717, 1.165) is 17.8 Å². The molecule has 0 unspecified atom stereocenters. The summed E-state index contributed by atoms with van der Waals surface area (Å²) in [7, 11) is -3.08. The van der Waals surface area contributed by atoms with Gasteiger partial charge in [0, 0.05) is 30.3 Å². The van der Waals surface area contributed by atoms with Crippen molar-refractivity contribution in [2.45, 2.75) is 33.1 Å². The van der Waals surface area contributed by atoms with Crippen molar-refractivity contribution in [3.63, 3.8) is 0 Å². The summed E-state index contributed by atoms with van der Waals surface area (Å²) >= 11 is 0. The maximum atomic E-state index is 11.2. The van der Waals surface area contributed by atoms with E-state index < -0.39 is 9.84 Å². The van der Waals surface area contributed by atoms with Crippen LogP contribution in [0, 0.1) is 12.8 Å². The molecule has 0 bridgehead atoms. The molecular formula is C12H21N3O2S. The average molecular weight is 271 g/mol. The van der Waals surface area contributed by atoms with Gasteiger partial charge in [0.2, 0.25) is 0 Å². The smallest absolute Gasteiger partial charge is 0.154 e. The third-order valence-corrected chi connectivity index (χ3v) is 3.17. The molecule has 6 heteroatoms. The first-order valence-corrected chi connectivity index (χ1v) is 8.04. The Hall–Kier alpha value is -1.01. The number of hydrogen-bond acceptors (Lipinski definition) is 5. The largest absolute Gasteiger partial charge is 0.312 e. The first kappa shape index (κ1) is 15.0. The maximum absolute atomic E-state index is 11.2. The van der Waals surface area contributed by atoms with E-state index in [0.29, 0.717) is 18.3 Å². The van der Waals surface area contributed by atoms with Gasteiger partial charge in [-0.1, -0.05) is 13.8 Å². The molecule has 0 saturated heterocycles. The second-order valence-corrected chi connectivity index (χ2v) is 7.13. The summed E-state index contributed by atoms with van der Waals surface area (Å²) in [4.78, 5) is 8.32. The average Bonchev–Trinajstić information content (AvgIpc) is 2.18. The zero-order valence-corrected chi connectivity index (χ0v) is 12.2. The first-order valence-electron chi connectivity index (χ1n) is 5.98. The molecule has 1 aromatic rings. The Labute approximate surface area is 109 Å². The fraction of sp³-hybridized carbons (Fsp3) is 0.667. The van der Waals surface area contributed by atoms with Crippen molar-refractivity contribution in [1.82, 2.24) is 15.3 Å². The van der Waals surface area contributed by atoms with E-state index in [4.69, 9.17) is 0 Å². The molecule has 18 heavy (non-hydrogen) atoms. The SMILES string of the molecule is Cc1nc(CS(C)(=O)=O)ncc1CNCC(C)C. The molecule has 0 fully saturated rings. The van der Waals surface area contributed by atoms with Crippen LogP contribution in [-0.2, 0) is 22.1 Å². The summed E-state index contributed by atoms with van der Waals surface area (Å²) in [5.41, 5.74) is 1.84. The summed E-state index contributed by atoms with van der Waals surface area (Å²) in [6.45, 7) is 7.81. The number of nitrogens with one attached hydrogen (secondary N) is 1. The van der Waals surface area contributed by atoms with Gasteiger partial charge in [-0.15, -0.1) is 0 Å². The highest BCUT2D eigenvalue weighted by Crippen LogP contribution is 2.06. The van der Waals surface area contributed by atoms with Crippen molar-refractivity contribution in [3.05, 3.63) is 23.3 Å². The molecule has 1 rings (SSSR count). The van der Waals surface area contributed by atoms with E-state index in [2.05, 4.69) is 29.1 Å². The minimum atomic E-state index is -3.08. The lowest BCUT2D eigenvalue weighted by Crippen LogP contribution is -2.20. The molecule has 0 aromatic carbocycles. The zero-order valence-electron chi connectivity index (χ0n) is 11.4. The molecular weight excluding hydrogens is 250 g/mol. The van der Waals surface area contributed by atoms with Crippen LogP contribution >= 0.6 is 0 Å². The highest BCUT2D eigenvalue weighted by molar-refractivity contribution is 7.89. The summed E-state index contributed by atoms with van der Waals surface area (Å²) in [6, 6.07) is 0. The highest BCUT2D eigenvalue weighted by atomic mass is 32.2. The molecule has 1 heterocycles. The first-order chi connectivity index (χ1) is 8.28. The normalized spacial score (nSPS) is 12.1. The molecule has 0 amide bonds. The number of nitrogens with zero attached hydrogens (tertiary/aromatic N) is 2. The van der Waals surface area contributed by atoms with E-state index in [1.165, 1.54) is 6.26 Å². The predicted molar refractivity (Wildman–Crippen MR) is 71.9 cm³/mol. The van der Waals surface area contributed by atoms with E-state index in [-0.39, 0.29) is 5.75 Å². The molecule has 5 nitrogen and oxygen atoms in total. The Morgan fingerprint density at radius 1 is 1.39 bits per heavy atom. The van der Waals surface area contributed by atoms with Crippen LogP contribution in [0.1, 0.15) is 30.9 Å². The summed E-state index contributed by atoms with van der Waals surface area (Å²) in [6.07, 6.45) is 2.89. The fourth-order valence-electron chi connectivity index (χ4n) is 1.51. The molecule has 0 saturated carbocycles. The maximum Gasteiger partial charge on any atom is 0.154 e. The number of aromatic nitrogens is 2. The predicted octanol–water partition coefficient (Wildman–Crippen LogP) is 1.08. The van der Waals surface area contributed by atoms with Gasteiger partial charge < -0.3 is 5.32 Å². The molecule has 1 N–H and O–H groups in total. The Morgan fingerprint density at radius 3 is 2.56 bits per heavy atom. The van der Waals surface area contributed by atoms with Crippen molar-refractivity contribution in [2.24, 2.45) is 5.92 Å². The summed E-state index contributed by atoms with van der Waals surface area (Å²) in [5, 5.41) is 3.31. The van der Waals surface area contributed by atoms with Gasteiger partial charge in [0.1, 0.15) is 11.6 Å². The van der Waals surface area contributed by atoms with Crippen LogP contribution in [0.15, 0.2) is 6.20 Å². The van der Waals surface area contributed by atoms with E-state index in [1.54, 1.807) is 6.20 Å². The Balaban J connectivity index is 2.68. The number of rotatable bonds is 6. The van der Waals surface area contributed by atoms with E-state index in [9.17, 15) is 8.42 Å². The summed E-state index contributed by atoms with van der Waals surface area (Å²) < 4.78 is 22.3. The molecule has 0 aliphatic rings. The van der Waals surface area contributed by atoms with Gasteiger partial charge in [0.05, 0.1) is 0 Å². The standard InChI is InChI=1S/C12H21N3O2S/c1-9(2)5-13-6-11-7-14-12(15-10(11)3)8-18(4,16)17/h7,9,13H,5-6,8H2,1-4H3. The molecule has 102 valence electrons. The van der Waals surface area contributed by atoms with Gasteiger partial charge in [-0.3, -0.25) is 0 Å². The molecule has 0 atom stereocenters. The monoisotopic (exact) mass is 271 g/mol. The van der Waals surface area contributed by atoms with Gasteiger partial charge in [-0.05, 0) is 19.4 Å². The lowest BCUT2D eigenvalue weighted by Gasteiger charge is -2.09. The van der Waals surface area contributed by atoms with Crippen LogP contribution < -0.4 is 5.32 Å². The fourth-order valence-corrected chi connectivity index (χ4v) is 2.12. The van der Waals surface area contributed by atoms with E-state index in [1.807, 2.05) is 6.92 Å². The Kier molecular flexibility index (Phi) is 5.22. The van der Waals surface area contributed by atoms with Gasteiger partial charge in [-0.25, -0.2) is 18.4 Å². The lowest BCUT2D eigenvalue weighted by atomic mass is 10.2. The number of hydrogen-bond donors (Lipinski definition) is 1. The minimum Gasteiger partial charge on any atom is -0.312 e. The summed E-state index contributed by atoms with van der Waals surface area (Å²) in [5.74, 6) is 0.853. The second kappa shape index (κ2) is 6.24. The third-order valence-electron chi connectivity index (χ3n) is 2.39. The van der Waals surface area contributed by atoms with Gasteiger partial charge in [0.25, 0.3) is 0 Å². The molecule has 0 radical (unpaired) electrons. The topological polar surface area (TPSA) is 72.0 Å². The number of sulfone groups is 1.